The third kappa shape index (κ3) is 2.57. The van der Waals surface area contributed by atoms with Gasteiger partial charge >= 0.3 is 0 Å². The number of fused-ring (bicyclic) bond motifs is 5. The number of hydrogen-bond donors (Lipinski definition) is 0. The van der Waals surface area contributed by atoms with E-state index in [1.807, 2.05) is 36.4 Å². The predicted molar refractivity (Wildman–Crippen MR) is 109 cm³/mol. The molecule has 2 amide bonds. The molecule has 0 unspecified atom stereocenters. The van der Waals surface area contributed by atoms with Crippen LogP contribution < -0.4 is 4.74 Å². The standard InChI is InChI=1S/C24H24N2O3/c1-3-14-29-18-11-7-6-10-17(18)22-20-19(23(27)25(2)24(20)28)21-16-9-5-4-8-15(16)12-13-26(21)22/h3-11,19-22H,1,12-14H2,2H3/t19-,20+,21+,22+/m1/s1. The van der Waals surface area contributed by atoms with E-state index in [1.54, 1.807) is 13.1 Å². The van der Waals surface area contributed by atoms with Crippen molar-refractivity contribution >= 4 is 11.8 Å². The molecule has 5 rings (SSSR count). The first-order valence-corrected chi connectivity index (χ1v) is 10.1. The minimum Gasteiger partial charge on any atom is -0.489 e. The van der Waals surface area contributed by atoms with Crippen molar-refractivity contribution in [1.29, 1.82) is 0 Å². The summed E-state index contributed by atoms with van der Waals surface area (Å²) in [6.07, 6.45) is 2.63. The molecule has 3 heterocycles. The Hall–Kier alpha value is -2.92. The van der Waals surface area contributed by atoms with Crippen LogP contribution in [0.2, 0.25) is 0 Å². The zero-order valence-electron chi connectivity index (χ0n) is 16.5. The van der Waals surface area contributed by atoms with Crippen molar-refractivity contribution in [2.45, 2.75) is 18.5 Å². The fourth-order valence-electron chi connectivity index (χ4n) is 5.44. The van der Waals surface area contributed by atoms with Gasteiger partial charge in [-0.2, -0.15) is 0 Å². The van der Waals surface area contributed by atoms with E-state index in [2.05, 4.69) is 23.6 Å². The largest absolute Gasteiger partial charge is 0.489 e. The van der Waals surface area contributed by atoms with E-state index < -0.39 is 5.92 Å². The Bertz CT molecular complexity index is 1000. The summed E-state index contributed by atoms with van der Waals surface area (Å²) in [5, 5.41) is 0. The topological polar surface area (TPSA) is 49.9 Å². The van der Waals surface area contributed by atoms with E-state index in [4.69, 9.17) is 4.74 Å². The Morgan fingerprint density at radius 2 is 1.62 bits per heavy atom. The molecule has 0 aliphatic carbocycles. The molecule has 2 aromatic rings. The minimum absolute atomic E-state index is 0.0707. The van der Waals surface area contributed by atoms with Crippen LogP contribution in [0.5, 0.6) is 5.75 Å². The van der Waals surface area contributed by atoms with Gasteiger partial charge in [0.15, 0.2) is 0 Å². The van der Waals surface area contributed by atoms with Crippen LogP contribution in [0.25, 0.3) is 0 Å². The normalized spacial score (nSPS) is 28.1. The van der Waals surface area contributed by atoms with Gasteiger partial charge in [-0.3, -0.25) is 19.4 Å². The molecule has 0 saturated carbocycles. The molecule has 5 heteroatoms. The van der Waals surface area contributed by atoms with Gasteiger partial charge in [-0.25, -0.2) is 0 Å². The summed E-state index contributed by atoms with van der Waals surface area (Å²) >= 11 is 0. The molecular weight excluding hydrogens is 364 g/mol. The number of nitrogens with zero attached hydrogens (tertiary/aromatic N) is 2. The van der Waals surface area contributed by atoms with E-state index in [0.717, 1.165) is 24.3 Å². The maximum absolute atomic E-state index is 13.2. The van der Waals surface area contributed by atoms with Crippen molar-refractivity contribution in [2.24, 2.45) is 11.8 Å². The van der Waals surface area contributed by atoms with Crippen LogP contribution in [0.1, 0.15) is 28.8 Å². The molecule has 3 aliphatic rings. The molecule has 2 fully saturated rings. The molecule has 0 N–H and O–H groups in total. The molecule has 148 valence electrons. The van der Waals surface area contributed by atoms with Gasteiger partial charge in [-0.1, -0.05) is 55.1 Å². The molecule has 2 aromatic carbocycles. The summed E-state index contributed by atoms with van der Waals surface area (Å²) in [6, 6.07) is 15.9. The highest BCUT2D eigenvalue weighted by Gasteiger charge is 2.62. The van der Waals surface area contributed by atoms with Crippen molar-refractivity contribution in [3.63, 3.8) is 0 Å². The van der Waals surface area contributed by atoms with Gasteiger partial charge in [-0.05, 0) is 23.6 Å². The zero-order chi connectivity index (χ0) is 20.1. The number of likely N-dealkylation sites (tertiary alicyclic amines) is 1. The molecule has 29 heavy (non-hydrogen) atoms. The second-order valence-electron chi connectivity index (χ2n) is 8.00. The van der Waals surface area contributed by atoms with Crippen LogP contribution in [0.3, 0.4) is 0 Å². The first-order chi connectivity index (χ1) is 14.1. The van der Waals surface area contributed by atoms with Gasteiger partial charge in [0.25, 0.3) is 0 Å². The lowest BCUT2D eigenvalue weighted by atomic mass is 9.83. The Morgan fingerprint density at radius 1 is 1.00 bits per heavy atom. The van der Waals surface area contributed by atoms with Crippen LogP contribution >= 0.6 is 0 Å². The lowest BCUT2D eigenvalue weighted by molar-refractivity contribution is -0.140. The number of rotatable bonds is 4. The van der Waals surface area contributed by atoms with Crippen molar-refractivity contribution in [2.75, 3.05) is 20.2 Å². The first kappa shape index (κ1) is 18.1. The molecule has 0 bridgehead atoms. The molecule has 4 atom stereocenters. The number of para-hydroxylation sites is 1. The van der Waals surface area contributed by atoms with Crippen LogP contribution in [0, 0.1) is 11.8 Å². The first-order valence-electron chi connectivity index (χ1n) is 10.1. The second kappa shape index (κ2) is 6.85. The van der Waals surface area contributed by atoms with Gasteiger partial charge in [0.05, 0.1) is 17.9 Å². The highest BCUT2D eigenvalue weighted by molar-refractivity contribution is 6.06. The molecule has 0 aromatic heterocycles. The third-order valence-electron chi connectivity index (χ3n) is 6.62. The average Bonchev–Trinajstić information content (AvgIpc) is 3.21. The summed E-state index contributed by atoms with van der Waals surface area (Å²) < 4.78 is 5.93. The van der Waals surface area contributed by atoms with E-state index in [9.17, 15) is 9.59 Å². The monoisotopic (exact) mass is 388 g/mol. The summed E-state index contributed by atoms with van der Waals surface area (Å²) in [6.45, 7) is 4.96. The molecular formula is C24H24N2O3. The highest BCUT2D eigenvalue weighted by atomic mass is 16.5. The molecule has 5 nitrogen and oxygen atoms in total. The van der Waals surface area contributed by atoms with Crippen LogP contribution in [0.4, 0.5) is 0 Å². The van der Waals surface area contributed by atoms with E-state index >= 15 is 0 Å². The summed E-state index contributed by atoms with van der Waals surface area (Å²) in [7, 11) is 1.61. The maximum atomic E-state index is 13.2. The maximum Gasteiger partial charge on any atom is 0.234 e. The van der Waals surface area contributed by atoms with Crippen LogP contribution in [-0.2, 0) is 16.0 Å². The van der Waals surface area contributed by atoms with Crippen molar-refractivity contribution in [3.05, 3.63) is 77.9 Å². The van der Waals surface area contributed by atoms with E-state index in [1.165, 1.54) is 16.0 Å². The second-order valence-corrected chi connectivity index (χ2v) is 8.00. The van der Waals surface area contributed by atoms with Gasteiger partial charge in [0.2, 0.25) is 11.8 Å². The van der Waals surface area contributed by atoms with Gasteiger partial charge < -0.3 is 4.74 Å². The number of ether oxygens (including phenoxy) is 1. The van der Waals surface area contributed by atoms with Crippen molar-refractivity contribution < 1.29 is 14.3 Å². The molecule has 3 aliphatic heterocycles. The number of benzene rings is 2. The van der Waals surface area contributed by atoms with Crippen molar-refractivity contribution in [1.82, 2.24) is 9.80 Å². The smallest absolute Gasteiger partial charge is 0.234 e. The third-order valence-corrected chi connectivity index (χ3v) is 6.62. The Kier molecular flexibility index (Phi) is 4.28. The fraction of sp³-hybridized carbons (Fsp3) is 0.333. The van der Waals surface area contributed by atoms with Gasteiger partial charge in [0, 0.05) is 25.2 Å². The number of carbonyl (C=O) groups is 2. The number of amides is 2. The Balaban J connectivity index is 1.67. The average molecular weight is 388 g/mol. The summed E-state index contributed by atoms with van der Waals surface area (Å²) in [5.41, 5.74) is 3.43. The quantitative estimate of drug-likeness (QED) is 0.596. The Labute approximate surface area is 170 Å². The predicted octanol–water partition coefficient (Wildman–Crippen LogP) is 3.14. The molecule has 0 spiro atoms. The SMILES string of the molecule is C=CCOc1ccccc1[C@H]1[C@H]2C(=O)N(C)C(=O)[C@H]2[C@@H]2c3ccccc3CCN21. The number of hydrogen-bond acceptors (Lipinski definition) is 4. The fourth-order valence-corrected chi connectivity index (χ4v) is 5.44. The number of imide groups is 1. The van der Waals surface area contributed by atoms with Crippen LogP contribution in [-0.4, -0.2) is 41.8 Å². The lowest BCUT2D eigenvalue weighted by Gasteiger charge is -2.38. The molecule has 0 radical (unpaired) electrons. The summed E-state index contributed by atoms with van der Waals surface area (Å²) in [5.74, 6) is -0.150. The lowest BCUT2D eigenvalue weighted by Crippen LogP contribution is -2.40. The van der Waals surface area contributed by atoms with Gasteiger partial charge in [0.1, 0.15) is 12.4 Å². The Morgan fingerprint density at radius 3 is 2.34 bits per heavy atom. The van der Waals surface area contributed by atoms with Crippen molar-refractivity contribution in [3.8, 4) is 5.75 Å². The van der Waals surface area contributed by atoms with E-state index in [-0.39, 0.29) is 29.8 Å². The highest BCUT2D eigenvalue weighted by Crippen LogP contribution is 2.58. The van der Waals surface area contributed by atoms with Crippen LogP contribution in [0.15, 0.2) is 61.2 Å². The van der Waals surface area contributed by atoms with Gasteiger partial charge in [-0.15, -0.1) is 0 Å². The van der Waals surface area contributed by atoms with E-state index in [0.29, 0.717) is 6.61 Å². The minimum atomic E-state index is -0.392. The zero-order valence-corrected chi connectivity index (χ0v) is 16.5. The summed E-state index contributed by atoms with van der Waals surface area (Å²) in [4.78, 5) is 30.0. The number of carbonyl (C=O) groups excluding carboxylic acids is 2. The molecule has 2 saturated heterocycles.